The van der Waals surface area contributed by atoms with Crippen LogP contribution >= 0.6 is 0 Å². The summed E-state index contributed by atoms with van der Waals surface area (Å²) in [5, 5.41) is 0. The molecule has 4 atom stereocenters. The molecule has 0 N–H and O–H groups in total. The van der Waals surface area contributed by atoms with Gasteiger partial charge in [0, 0.05) is 11.5 Å². The third kappa shape index (κ3) is 5.33. The van der Waals surface area contributed by atoms with Crippen LogP contribution in [0.1, 0.15) is 56.6 Å². The molecule has 0 spiro atoms. The molecule has 0 amide bonds. The van der Waals surface area contributed by atoms with Crippen LogP contribution in [0.25, 0.3) is 16.7 Å². The standard InChI is InChI=1S/C29H31F3O/c1-3-4-5-6-24-14-12-23(18-33-24)22-13-16-25(27(30)17-22)20-8-10-21(11-9-20)26-15-7-19(2)28(31)29(26)32/h3-4,7-11,13,15-17,23-24,28-29H,5-6,12,14,18H2,1-2H3/b4-3+. The van der Waals surface area contributed by atoms with Gasteiger partial charge in [0.2, 0.25) is 0 Å². The summed E-state index contributed by atoms with van der Waals surface area (Å²) < 4.78 is 49.5. The van der Waals surface area contributed by atoms with Gasteiger partial charge in [0.15, 0.2) is 12.3 Å². The van der Waals surface area contributed by atoms with Gasteiger partial charge in [-0.05, 0) is 73.4 Å². The minimum atomic E-state index is -1.68. The Morgan fingerprint density at radius 3 is 2.39 bits per heavy atom. The number of halogens is 3. The zero-order valence-corrected chi connectivity index (χ0v) is 19.2. The van der Waals surface area contributed by atoms with Gasteiger partial charge in [-0.2, -0.15) is 0 Å². The van der Waals surface area contributed by atoms with Crippen LogP contribution in [-0.4, -0.2) is 25.1 Å². The number of allylic oxidation sites excluding steroid dienone is 6. The summed E-state index contributed by atoms with van der Waals surface area (Å²) in [6, 6.07) is 12.4. The maximum absolute atomic E-state index is 15.0. The van der Waals surface area contributed by atoms with E-state index in [-0.39, 0.29) is 17.8 Å². The predicted molar refractivity (Wildman–Crippen MR) is 129 cm³/mol. The largest absolute Gasteiger partial charge is 0.378 e. The van der Waals surface area contributed by atoms with Crippen LogP contribution in [0.5, 0.6) is 0 Å². The summed E-state index contributed by atoms with van der Waals surface area (Å²) >= 11 is 0. The Morgan fingerprint density at radius 2 is 1.73 bits per heavy atom. The highest BCUT2D eigenvalue weighted by atomic mass is 19.2. The maximum atomic E-state index is 15.0. The van der Waals surface area contributed by atoms with Crippen LogP contribution in [0.2, 0.25) is 0 Å². The second-order valence-electron chi connectivity index (χ2n) is 9.03. The fourth-order valence-corrected chi connectivity index (χ4v) is 4.66. The molecular formula is C29H31F3O. The van der Waals surface area contributed by atoms with Gasteiger partial charge < -0.3 is 4.74 Å². The van der Waals surface area contributed by atoms with Crippen molar-refractivity contribution in [1.82, 2.24) is 0 Å². The summed E-state index contributed by atoms with van der Waals surface area (Å²) in [7, 11) is 0. The van der Waals surface area contributed by atoms with Crippen molar-refractivity contribution in [2.45, 2.75) is 63.9 Å². The van der Waals surface area contributed by atoms with Gasteiger partial charge in [0.25, 0.3) is 0 Å². The van der Waals surface area contributed by atoms with Gasteiger partial charge in [0.05, 0.1) is 12.7 Å². The molecule has 1 aliphatic carbocycles. The lowest BCUT2D eigenvalue weighted by Crippen LogP contribution is -2.24. The van der Waals surface area contributed by atoms with E-state index in [1.165, 1.54) is 0 Å². The van der Waals surface area contributed by atoms with Crippen LogP contribution in [0.4, 0.5) is 13.2 Å². The number of benzene rings is 2. The first-order valence-electron chi connectivity index (χ1n) is 11.8. The molecule has 0 aromatic heterocycles. The Labute approximate surface area is 194 Å². The Kier molecular flexibility index (Phi) is 7.54. The first-order chi connectivity index (χ1) is 16.0. The fourth-order valence-electron chi connectivity index (χ4n) is 4.66. The monoisotopic (exact) mass is 452 g/mol. The first-order valence-corrected chi connectivity index (χ1v) is 11.8. The molecule has 33 heavy (non-hydrogen) atoms. The molecule has 1 nitrogen and oxygen atoms in total. The zero-order chi connectivity index (χ0) is 23.4. The van der Waals surface area contributed by atoms with Crippen molar-refractivity contribution in [3.8, 4) is 11.1 Å². The van der Waals surface area contributed by atoms with Crippen LogP contribution < -0.4 is 0 Å². The molecule has 4 rings (SSSR count). The lowest BCUT2D eigenvalue weighted by atomic mass is 9.88. The van der Waals surface area contributed by atoms with E-state index in [0.29, 0.717) is 34.4 Å². The van der Waals surface area contributed by atoms with Gasteiger partial charge in [-0.3, -0.25) is 0 Å². The third-order valence-corrected chi connectivity index (χ3v) is 6.77. The van der Waals surface area contributed by atoms with Crippen LogP contribution in [0, 0.1) is 5.82 Å². The van der Waals surface area contributed by atoms with Crippen molar-refractivity contribution in [1.29, 1.82) is 0 Å². The van der Waals surface area contributed by atoms with Crippen molar-refractivity contribution in [3.05, 3.63) is 89.3 Å². The predicted octanol–water partition coefficient (Wildman–Crippen LogP) is 8.13. The van der Waals surface area contributed by atoms with E-state index in [1.807, 2.05) is 13.0 Å². The van der Waals surface area contributed by atoms with E-state index >= 15 is 4.39 Å². The van der Waals surface area contributed by atoms with E-state index < -0.39 is 12.3 Å². The van der Waals surface area contributed by atoms with Gasteiger partial charge in [-0.25, -0.2) is 13.2 Å². The molecule has 1 heterocycles. The Morgan fingerprint density at radius 1 is 0.970 bits per heavy atom. The van der Waals surface area contributed by atoms with Gasteiger partial charge in [-0.15, -0.1) is 0 Å². The van der Waals surface area contributed by atoms with E-state index in [0.717, 1.165) is 31.2 Å². The van der Waals surface area contributed by atoms with Crippen molar-refractivity contribution >= 4 is 5.57 Å². The van der Waals surface area contributed by atoms with E-state index in [1.54, 1.807) is 55.5 Å². The number of rotatable bonds is 6. The number of ether oxygens (including phenoxy) is 1. The van der Waals surface area contributed by atoms with Gasteiger partial charge >= 0.3 is 0 Å². The smallest absolute Gasteiger partial charge is 0.161 e. The minimum Gasteiger partial charge on any atom is -0.378 e. The molecule has 4 unspecified atom stereocenters. The molecule has 1 fully saturated rings. The molecule has 174 valence electrons. The molecular weight excluding hydrogens is 421 g/mol. The number of alkyl halides is 2. The average molecular weight is 453 g/mol. The second kappa shape index (κ2) is 10.6. The van der Waals surface area contributed by atoms with E-state index in [9.17, 15) is 8.78 Å². The third-order valence-electron chi connectivity index (χ3n) is 6.77. The highest BCUT2D eigenvalue weighted by Crippen LogP contribution is 2.35. The van der Waals surface area contributed by atoms with Crippen molar-refractivity contribution in [2.75, 3.05) is 6.61 Å². The number of hydrogen-bond acceptors (Lipinski definition) is 1. The molecule has 4 heteroatoms. The summed E-state index contributed by atoms with van der Waals surface area (Å²) in [4.78, 5) is 0. The summed E-state index contributed by atoms with van der Waals surface area (Å²) in [5.41, 5.74) is 3.48. The van der Waals surface area contributed by atoms with Crippen molar-refractivity contribution in [2.24, 2.45) is 0 Å². The zero-order valence-electron chi connectivity index (χ0n) is 19.2. The lowest BCUT2D eigenvalue weighted by molar-refractivity contribution is -0.000225. The minimum absolute atomic E-state index is 0.207. The lowest BCUT2D eigenvalue weighted by Gasteiger charge is -2.29. The Bertz CT molecular complexity index is 1040. The van der Waals surface area contributed by atoms with E-state index in [4.69, 9.17) is 4.74 Å². The average Bonchev–Trinajstić information content (AvgIpc) is 2.83. The summed E-state index contributed by atoms with van der Waals surface area (Å²) in [6.07, 6.45) is 8.49. The second-order valence-corrected chi connectivity index (χ2v) is 9.03. The molecule has 1 aliphatic heterocycles. The molecule has 0 bridgehead atoms. The van der Waals surface area contributed by atoms with Crippen molar-refractivity contribution in [3.63, 3.8) is 0 Å². The maximum Gasteiger partial charge on any atom is 0.161 e. The SMILES string of the molecule is C/C=C/CCC1CCC(c2ccc(-c3ccc(C4=CC=C(C)C(F)C4F)cc3)c(F)c2)CO1. The topological polar surface area (TPSA) is 9.23 Å². The highest BCUT2D eigenvalue weighted by Gasteiger charge is 2.29. The number of hydrogen-bond donors (Lipinski definition) is 0. The van der Waals surface area contributed by atoms with E-state index in [2.05, 4.69) is 12.2 Å². The summed E-state index contributed by atoms with van der Waals surface area (Å²) in [5.74, 6) is -0.0723. The quantitative estimate of drug-likeness (QED) is 0.402. The van der Waals surface area contributed by atoms with Crippen molar-refractivity contribution < 1.29 is 17.9 Å². The normalized spacial score (nSPS) is 25.7. The molecule has 2 aliphatic rings. The van der Waals surface area contributed by atoms with Crippen LogP contribution in [0.3, 0.4) is 0 Å². The fraction of sp³-hybridized carbons (Fsp3) is 0.379. The van der Waals surface area contributed by atoms with Gasteiger partial charge in [-0.1, -0.05) is 60.7 Å². The van der Waals surface area contributed by atoms with Crippen LogP contribution in [-0.2, 0) is 4.74 Å². The van der Waals surface area contributed by atoms with Crippen LogP contribution in [0.15, 0.2) is 72.3 Å². The molecule has 1 saturated heterocycles. The molecule has 0 saturated carbocycles. The first kappa shape index (κ1) is 23.6. The Hall–Kier alpha value is -2.59. The summed E-state index contributed by atoms with van der Waals surface area (Å²) in [6.45, 7) is 4.23. The van der Waals surface area contributed by atoms with Gasteiger partial charge in [0.1, 0.15) is 5.82 Å². The molecule has 2 aromatic carbocycles. The molecule has 2 aromatic rings. The Balaban J connectivity index is 1.44. The molecule has 0 radical (unpaired) electrons. The highest BCUT2D eigenvalue weighted by molar-refractivity contribution is 5.75.